The maximum atomic E-state index is 13.3. The largest absolute Gasteiger partial charge is 0.478 e. The molecule has 7 nitrogen and oxygen atoms in total. The van der Waals surface area contributed by atoms with Crippen molar-refractivity contribution < 1.29 is 37.4 Å². The molecule has 28 heavy (non-hydrogen) atoms. The van der Waals surface area contributed by atoms with Crippen LogP contribution < -0.4 is 5.32 Å². The van der Waals surface area contributed by atoms with Gasteiger partial charge in [0.25, 0.3) is 0 Å². The summed E-state index contributed by atoms with van der Waals surface area (Å²) < 4.78 is 45.0. The molecule has 1 aromatic rings. The van der Waals surface area contributed by atoms with E-state index in [1.807, 2.05) is 0 Å². The molecule has 0 radical (unpaired) electrons. The molecule has 0 spiro atoms. The molecule has 1 heterocycles. The van der Waals surface area contributed by atoms with Crippen molar-refractivity contribution in [2.45, 2.75) is 51.6 Å². The molecule has 1 aromatic carbocycles. The second kappa shape index (κ2) is 7.69. The lowest BCUT2D eigenvalue weighted by Crippen LogP contribution is -2.43. The summed E-state index contributed by atoms with van der Waals surface area (Å²) in [6, 6.07) is 1.77. The van der Waals surface area contributed by atoms with Crippen molar-refractivity contribution in [1.82, 2.24) is 10.2 Å². The number of benzene rings is 1. The molecule has 1 aliphatic rings. The first-order chi connectivity index (χ1) is 12.8. The molecule has 1 fully saturated rings. The van der Waals surface area contributed by atoms with Crippen molar-refractivity contribution in [2.24, 2.45) is 0 Å². The molecule has 2 N–H and O–H groups in total. The van der Waals surface area contributed by atoms with Gasteiger partial charge in [-0.3, -0.25) is 4.79 Å². The molecular weight excluding hydrogens is 381 g/mol. The van der Waals surface area contributed by atoms with Crippen molar-refractivity contribution >= 4 is 18.0 Å². The Hall–Kier alpha value is -2.78. The van der Waals surface area contributed by atoms with Crippen LogP contribution >= 0.6 is 0 Å². The number of hydrogen-bond donors (Lipinski definition) is 2. The van der Waals surface area contributed by atoms with Crippen LogP contribution in [0.5, 0.6) is 0 Å². The third kappa shape index (κ3) is 5.37. The second-order valence-electron chi connectivity index (χ2n) is 7.42. The number of carbonyl (C=O) groups excluding carboxylic acids is 2. The number of alkyl carbamates (subject to hydrolysis) is 1. The Morgan fingerprint density at radius 2 is 1.93 bits per heavy atom. The van der Waals surface area contributed by atoms with Gasteiger partial charge in [0.15, 0.2) is 0 Å². The average molecular weight is 402 g/mol. The van der Waals surface area contributed by atoms with Gasteiger partial charge in [-0.25, -0.2) is 9.59 Å². The Bertz CT molecular complexity index is 786. The molecule has 1 saturated heterocycles. The molecule has 0 aliphatic carbocycles. The van der Waals surface area contributed by atoms with Gasteiger partial charge >= 0.3 is 18.2 Å². The SMILES string of the molecule is CC(C)(C)OC(=O)N[C@H]1CCN(Cc2ccc(C(=O)O)cc2C(F)(F)F)C1=O. The van der Waals surface area contributed by atoms with Crippen LogP contribution in [-0.2, 0) is 22.3 Å². The zero-order valence-electron chi connectivity index (χ0n) is 15.6. The summed E-state index contributed by atoms with van der Waals surface area (Å²) in [7, 11) is 0. The van der Waals surface area contributed by atoms with Gasteiger partial charge in [0, 0.05) is 13.1 Å². The zero-order chi connectivity index (χ0) is 21.3. The van der Waals surface area contributed by atoms with Crippen LogP contribution in [0, 0.1) is 0 Å². The van der Waals surface area contributed by atoms with E-state index >= 15 is 0 Å². The van der Waals surface area contributed by atoms with Crippen LogP contribution in [0.4, 0.5) is 18.0 Å². The number of carboxylic acid groups (broad SMARTS) is 1. The summed E-state index contributed by atoms with van der Waals surface area (Å²) in [5.41, 5.74) is -2.57. The first-order valence-corrected chi connectivity index (χ1v) is 8.49. The number of aromatic carboxylic acids is 1. The Balaban J connectivity index is 2.13. The fourth-order valence-electron chi connectivity index (χ4n) is 2.80. The van der Waals surface area contributed by atoms with Crippen molar-refractivity contribution in [1.29, 1.82) is 0 Å². The number of carbonyl (C=O) groups is 3. The van der Waals surface area contributed by atoms with Gasteiger partial charge in [0.05, 0.1) is 11.1 Å². The van der Waals surface area contributed by atoms with Crippen LogP contribution in [0.25, 0.3) is 0 Å². The van der Waals surface area contributed by atoms with Crippen LogP contribution in [0.3, 0.4) is 0 Å². The van der Waals surface area contributed by atoms with Gasteiger partial charge < -0.3 is 20.1 Å². The van der Waals surface area contributed by atoms with E-state index in [4.69, 9.17) is 9.84 Å². The maximum absolute atomic E-state index is 13.3. The van der Waals surface area contributed by atoms with Crippen molar-refractivity contribution in [3.05, 3.63) is 34.9 Å². The fraction of sp³-hybridized carbons (Fsp3) is 0.500. The number of rotatable bonds is 4. The van der Waals surface area contributed by atoms with Gasteiger partial charge in [0.2, 0.25) is 5.91 Å². The summed E-state index contributed by atoms with van der Waals surface area (Å²) in [4.78, 5) is 36.4. The number of hydrogen-bond acceptors (Lipinski definition) is 4. The first kappa shape index (κ1) is 21.5. The highest BCUT2D eigenvalue weighted by atomic mass is 19.4. The van der Waals surface area contributed by atoms with Gasteiger partial charge in [-0.2, -0.15) is 13.2 Å². The topological polar surface area (TPSA) is 95.9 Å². The molecule has 1 aliphatic heterocycles. The number of halogens is 3. The number of nitrogens with zero attached hydrogens (tertiary/aromatic N) is 1. The molecule has 0 bridgehead atoms. The Labute approximate surface area is 159 Å². The van der Waals surface area contributed by atoms with E-state index in [9.17, 15) is 27.6 Å². The minimum atomic E-state index is -4.77. The summed E-state index contributed by atoms with van der Waals surface area (Å²) in [6.07, 6.45) is -5.32. The predicted octanol–water partition coefficient (Wildman–Crippen LogP) is 3.03. The van der Waals surface area contributed by atoms with E-state index in [0.717, 1.165) is 12.1 Å². The first-order valence-electron chi connectivity index (χ1n) is 8.49. The number of amides is 2. The predicted molar refractivity (Wildman–Crippen MR) is 91.6 cm³/mol. The van der Waals surface area contributed by atoms with Gasteiger partial charge in [0.1, 0.15) is 11.6 Å². The highest BCUT2D eigenvalue weighted by molar-refractivity contribution is 5.88. The van der Waals surface area contributed by atoms with Crippen LogP contribution in [0.15, 0.2) is 18.2 Å². The molecule has 0 aromatic heterocycles. The minimum absolute atomic E-state index is 0.150. The van der Waals surface area contributed by atoms with E-state index in [2.05, 4.69) is 5.32 Å². The lowest BCUT2D eigenvalue weighted by Gasteiger charge is -2.22. The highest BCUT2D eigenvalue weighted by Gasteiger charge is 2.38. The number of likely N-dealkylation sites (tertiary alicyclic amines) is 1. The Morgan fingerprint density at radius 1 is 1.29 bits per heavy atom. The monoisotopic (exact) mass is 402 g/mol. The number of carboxylic acids is 1. The van der Waals surface area contributed by atoms with Crippen LogP contribution in [0.2, 0.25) is 0 Å². The lowest BCUT2D eigenvalue weighted by atomic mass is 10.0. The number of alkyl halides is 3. The molecular formula is C18H21F3N2O5. The van der Waals surface area contributed by atoms with Gasteiger partial charge in [-0.05, 0) is 44.9 Å². The van der Waals surface area contributed by atoms with E-state index in [1.54, 1.807) is 20.8 Å². The van der Waals surface area contributed by atoms with E-state index in [-0.39, 0.29) is 25.1 Å². The van der Waals surface area contributed by atoms with Gasteiger partial charge in [-0.1, -0.05) is 6.07 Å². The fourth-order valence-corrected chi connectivity index (χ4v) is 2.80. The van der Waals surface area contributed by atoms with Crippen molar-refractivity contribution in [3.8, 4) is 0 Å². The molecule has 0 unspecified atom stereocenters. The second-order valence-corrected chi connectivity index (χ2v) is 7.42. The normalized spacial score (nSPS) is 17.6. The Kier molecular flexibility index (Phi) is 5.91. The summed E-state index contributed by atoms with van der Waals surface area (Å²) in [5.74, 6) is -2.00. The standard InChI is InChI=1S/C18H21F3N2O5/c1-17(2,3)28-16(27)22-13-6-7-23(14(13)24)9-11-5-4-10(15(25)26)8-12(11)18(19,20)21/h4-5,8,13H,6-7,9H2,1-3H3,(H,22,27)(H,25,26)/t13-/m0/s1. The number of ether oxygens (including phenoxy) is 1. The summed E-state index contributed by atoms with van der Waals surface area (Å²) in [5, 5.41) is 11.3. The number of nitrogens with one attached hydrogen (secondary N) is 1. The maximum Gasteiger partial charge on any atom is 0.416 e. The Morgan fingerprint density at radius 3 is 2.46 bits per heavy atom. The molecule has 1 atom stereocenters. The zero-order valence-corrected chi connectivity index (χ0v) is 15.6. The molecule has 10 heteroatoms. The highest BCUT2D eigenvalue weighted by Crippen LogP contribution is 2.34. The lowest BCUT2D eigenvalue weighted by molar-refractivity contribution is -0.139. The smallest absolute Gasteiger partial charge is 0.416 e. The minimum Gasteiger partial charge on any atom is -0.478 e. The van der Waals surface area contributed by atoms with Gasteiger partial charge in [-0.15, -0.1) is 0 Å². The van der Waals surface area contributed by atoms with Crippen LogP contribution in [0.1, 0.15) is 48.7 Å². The van der Waals surface area contributed by atoms with Crippen molar-refractivity contribution in [2.75, 3.05) is 6.54 Å². The third-order valence-electron chi connectivity index (χ3n) is 4.01. The summed E-state index contributed by atoms with van der Waals surface area (Å²) in [6.45, 7) is 4.79. The average Bonchev–Trinajstić information content (AvgIpc) is 2.85. The van der Waals surface area contributed by atoms with Crippen molar-refractivity contribution in [3.63, 3.8) is 0 Å². The van der Waals surface area contributed by atoms with E-state index in [0.29, 0.717) is 6.07 Å². The molecule has 2 amide bonds. The molecule has 2 rings (SSSR count). The quantitative estimate of drug-likeness (QED) is 0.807. The van der Waals surface area contributed by atoms with Crippen LogP contribution in [-0.4, -0.2) is 46.2 Å². The molecule has 154 valence electrons. The molecule has 0 saturated carbocycles. The third-order valence-corrected chi connectivity index (χ3v) is 4.01. The summed E-state index contributed by atoms with van der Waals surface area (Å²) >= 11 is 0. The van der Waals surface area contributed by atoms with E-state index < -0.39 is 46.9 Å². The van der Waals surface area contributed by atoms with E-state index in [1.165, 1.54) is 4.90 Å².